The highest BCUT2D eigenvalue weighted by molar-refractivity contribution is 5.86. The second-order valence-electron chi connectivity index (χ2n) is 4.60. The van der Waals surface area contributed by atoms with Crippen molar-refractivity contribution in [1.82, 2.24) is 10.2 Å². The number of piperazine rings is 1. The minimum Gasteiger partial charge on any atom is -0.339 e. The van der Waals surface area contributed by atoms with Crippen molar-refractivity contribution in [3.8, 4) is 0 Å². The van der Waals surface area contributed by atoms with E-state index in [0.717, 1.165) is 39.0 Å². The predicted octanol–water partition coefficient (Wildman–Crippen LogP) is -0.454. The highest BCUT2D eigenvalue weighted by atomic mass is 16.2. The maximum absolute atomic E-state index is 12.1. The van der Waals surface area contributed by atoms with E-state index in [1.807, 2.05) is 11.8 Å². The summed E-state index contributed by atoms with van der Waals surface area (Å²) in [4.78, 5) is 14.0. The van der Waals surface area contributed by atoms with Gasteiger partial charge in [0.25, 0.3) is 0 Å². The molecule has 1 amide bonds. The molecule has 2 fully saturated rings. The van der Waals surface area contributed by atoms with Crippen LogP contribution in [-0.2, 0) is 4.79 Å². The first-order chi connectivity index (χ1) is 6.62. The zero-order valence-corrected chi connectivity index (χ0v) is 8.75. The molecular weight excluding hydrogens is 178 g/mol. The molecule has 80 valence electrons. The second-order valence-corrected chi connectivity index (χ2v) is 4.60. The van der Waals surface area contributed by atoms with Crippen LogP contribution in [0, 0.1) is 5.92 Å². The molecule has 1 saturated carbocycles. The lowest BCUT2D eigenvalue weighted by Gasteiger charge is -2.34. The number of amides is 1. The Morgan fingerprint density at radius 1 is 1.43 bits per heavy atom. The third kappa shape index (κ3) is 1.77. The van der Waals surface area contributed by atoms with Gasteiger partial charge in [-0.1, -0.05) is 0 Å². The SMILES string of the molecule is CC(N)(C(=O)N1CCNCC1)C1CC1. The molecule has 1 heterocycles. The summed E-state index contributed by atoms with van der Waals surface area (Å²) in [5.74, 6) is 0.561. The molecule has 1 saturated heterocycles. The van der Waals surface area contributed by atoms with Gasteiger partial charge in [-0.3, -0.25) is 4.79 Å². The first-order valence-electron chi connectivity index (χ1n) is 5.41. The van der Waals surface area contributed by atoms with Crippen LogP contribution in [0.3, 0.4) is 0 Å². The van der Waals surface area contributed by atoms with Crippen LogP contribution in [-0.4, -0.2) is 42.5 Å². The quantitative estimate of drug-likeness (QED) is 0.630. The number of rotatable bonds is 2. The molecule has 1 atom stereocenters. The molecule has 4 nitrogen and oxygen atoms in total. The fraction of sp³-hybridized carbons (Fsp3) is 0.900. The molecule has 1 aliphatic carbocycles. The smallest absolute Gasteiger partial charge is 0.242 e. The Kier molecular flexibility index (Phi) is 2.49. The molecular formula is C10H19N3O. The molecule has 0 spiro atoms. The lowest BCUT2D eigenvalue weighted by Crippen LogP contribution is -2.58. The van der Waals surface area contributed by atoms with Crippen LogP contribution in [0.2, 0.25) is 0 Å². The van der Waals surface area contributed by atoms with E-state index in [2.05, 4.69) is 5.32 Å². The first kappa shape index (κ1) is 9.93. The van der Waals surface area contributed by atoms with Crippen LogP contribution in [0.1, 0.15) is 19.8 Å². The molecule has 14 heavy (non-hydrogen) atoms. The minimum absolute atomic E-state index is 0.140. The Morgan fingerprint density at radius 2 is 2.00 bits per heavy atom. The van der Waals surface area contributed by atoms with Crippen LogP contribution in [0.25, 0.3) is 0 Å². The number of carbonyl (C=O) groups excluding carboxylic acids is 1. The molecule has 0 aromatic heterocycles. The van der Waals surface area contributed by atoms with E-state index < -0.39 is 5.54 Å². The van der Waals surface area contributed by atoms with Crippen LogP contribution >= 0.6 is 0 Å². The van der Waals surface area contributed by atoms with E-state index in [1.54, 1.807) is 0 Å². The van der Waals surface area contributed by atoms with Gasteiger partial charge in [0.15, 0.2) is 0 Å². The molecule has 0 aromatic carbocycles. The van der Waals surface area contributed by atoms with Gasteiger partial charge in [-0.2, -0.15) is 0 Å². The summed E-state index contributed by atoms with van der Waals surface area (Å²) >= 11 is 0. The van der Waals surface area contributed by atoms with Gasteiger partial charge >= 0.3 is 0 Å². The number of nitrogens with zero attached hydrogens (tertiary/aromatic N) is 1. The molecule has 0 radical (unpaired) electrons. The summed E-state index contributed by atoms with van der Waals surface area (Å²) in [7, 11) is 0. The van der Waals surface area contributed by atoms with Crippen molar-refractivity contribution in [2.45, 2.75) is 25.3 Å². The van der Waals surface area contributed by atoms with Gasteiger partial charge in [-0.25, -0.2) is 0 Å². The molecule has 2 aliphatic rings. The largest absolute Gasteiger partial charge is 0.339 e. The Labute approximate surface area is 84.8 Å². The van der Waals surface area contributed by atoms with Crippen LogP contribution in [0.5, 0.6) is 0 Å². The number of hydrogen-bond acceptors (Lipinski definition) is 3. The van der Waals surface area contributed by atoms with Crippen molar-refractivity contribution in [3.63, 3.8) is 0 Å². The van der Waals surface area contributed by atoms with Gasteiger partial charge in [0.2, 0.25) is 5.91 Å². The lowest BCUT2D eigenvalue weighted by atomic mass is 9.95. The third-order valence-corrected chi connectivity index (χ3v) is 3.29. The number of nitrogens with two attached hydrogens (primary N) is 1. The van der Waals surface area contributed by atoms with Crippen LogP contribution < -0.4 is 11.1 Å². The fourth-order valence-corrected chi connectivity index (χ4v) is 2.07. The fourth-order valence-electron chi connectivity index (χ4n) is 2.07. The van der Waals surface area contributed by atoms with Gasteiger partial charge in [-0.15, -0.1) is 0 Å². The Morgan fingerprint density at radius 3 is 2.50 bits per heavy atom. The van der Waals surface area contributed by atoms with Crippen molar-refractivity contribution >= 4 is 5.91 Å². The molecule has 1 aliphatic heterocycles. The van der Waals surface area contributed by atoms with E-state index in [4.69, 9.17) is 5.73 Å². The van der Waals surface area contributed by atoms with E-state index in [9.17, 15) is 4.79 Å². The Bertz CT molecular complexity index is 230. The maximum Gasteiger partial charge on any atom is 0.242 e. The average Bonchev–Trinajstić information content (AvgIpc) is 3.01. The van der Waals surface area contributed by atoms with Crippen molar-refractivity contribution in [2.24, 2.45) is 11.7 Å². The van der Waals surface area contributed by atoms with E-state index in [-0.39, 0.29) is 5.91 Å². The summed E-state index contributed by atoms with van der Waals surface area (Å²) in [6.45, 7) is 5.28. The Hall–Kier alpha value is -0.610. The standard InChI is InChI=1S/C10H19N3O/c1-10(11,8-2-3-8)9(14)13-6-4-12-5-7-13/h8,12H,2-7,11H2,1H3. The molecule has 2 rings (SSSR count). The second kappa shape index (κ2) is 3.51. The van der Waals surface area contributed by atoms with Gasteiger partial charge in [0.05, 0.1) is 5.54 Å². The first-order valence-corrected chi connectivity index (χ1v) is 5.41. The van der Waals surface area contributed by atoms with Gasteiger partial charge < -0.3 is 16.0 Å². The number of hydrogen-bond donors (Lipinski definition) is 2. The summed E-state index contributed by atoms with van der Waals surface area (Å²) < 4.78 is 0. The highest BCUT2D eigenvalue weighted by Gasteiger charge is 2.45. The molecule has 0 bridgehead atoms. The molecule has 0 aromatic rings. The maximum atomic E-state index is 12.1. The summed E-state index contributed by atoms with van der Waals surface area (Å²) in [6.07, 6.45) is 2.23. The highest BCUT2D eigenvalue weighted by Crippen LogP contribution is 2.38. The number of nitrogens with one attached hydrogen (secondary N) is 1. The van der Waals surface area contributed by atoms with E-state index >= 15 is 0 Å². The average molecular weight is 197 g/mol. The van der Waals surface area contributed by atoms with Crippen molar-refractivity contribution < 1.29 is 4.79 Å². The van der Waals surface area contributed by atoms with Crippen molar-refractivity contribution in [2.75, 3.05) is 26.2 Å². The summed E-state index contributed by atoms with van der Waals surface area (Å²) in [5.41, 5.74) is 5.47. The van der Waals surface area contributed by atoms with E-state index in [0.29, 0.717) is 5.92 Å². The zero-order valence-electron chi connectivity index (χ0n) is 8.75. The Balaban J connectivity index is 1.98. The van der Waals surface area contributed by atoms with Crippen molar-refractivity contribution in [3.05, 3.63) is 0 Å². The van der Waals surface area contributed by atoms with E-state index in [1.165, 1.54) is 0 Å². The van der Waals surface area contributed by atoms with Gasteiger partial charge in [0, 0.05) is 26.2 Å². The molecule has 3 N–H and O–H groups in total. The van der Waals surface area contributed by atoms with Gasteiger partial charge in [-0.05, 0) is 25.7 Å². The zero-order chi connectivity index (χ0) is 10.2. The lowest BCUT2D eigenvalue weighted by molar-refractivity contribution is -0.137. The van der Waals surface area contributed by atoms with Crippen LogP contribution in [0.4, 0.5) is 0 Å². The third-order valence-electron chi connectivity index (χ3n) is 3.29. The molecule has 4 heteroatoms. The normalized spacial score (nSPS) is 27.1. The topological polar surface area (TPSA) is 58.4 Å². The van der Waals surface area contributed by atoms with Crippen LogP contribution in [0.15, 0.2) is 0 Å². The van der Waals surface area contributed by atoms with Crippen molar-refractivity contribution in [1.29, 1.82) is 0 Å². The predicted molar refractivity (Wildman–Crippen MR) is 54.8 cm³/mol. The minimum atomic E-state index is -0.614. The monoisotopic (exact) mass is 197 g/mol. The molecule has 1 unspecified atom stereocenters. The van der Waals surface area contributed by atoms with Gasteiger partial charge in [0.1, 0.15) is 0 Å². The summed E-state index contributed by atoms with van der Waals surface area (Å²) in [5, 5.41) is 3.23. The number of carbonyl (C=O) groups is 1. The summed E-state index contributed by atoms with van der Waals surface area (Å²) in [6, 6.07) is 0.